The van der Waals surface area contributed by atoms with Gasteiger partial charge < -0.3 is 5.11 Å². The SMILES string of the molecule is C=CCc1cccc(C2C3=CCC4C(=O)N(c5ccc(Br)cc5)C(=O)C4C3CC3C(=O)N(Nc4ccc(F)cc4)C(=O)C32c2ccc(Cl)cc2)c1O. The van der Waals surface area contributed by atoms with Crippen molar-refractivity contribution in [3.63, 3.8) is 0 Å². The fourth-order valence-corrected chi connectivity index (χ4v) is 9.40. The molecule has 2 aliphatic heterocycles. The van der Waals surface area contributed by atoms with Crippen LogP contribution in [0.4, 0.5) is 15.8 Å². The minimum Gasteiger partial charge on any atom is -0.507 e. The first-order chi connectivity index (χ1) is 25.1. The Hall–Kier alpha value is -5.06. The summed E-state index contributed by atoms with van der Waals surface area (Å²) in [5, 5.41) is 13.4. The smallest absolute Gasteiger partial charge is 0.260 e. The largest absolute Gasteiger partial charge is 0.507 e. The molecule has 2 aliphatic carbocycles. The Morgan fingerprint density at radius 2 is 1.63 bits per heavy atom. The molecule has 2 saturated heterocycles. The third kappa shape index (κ3) is 5.06. The van der Waals surface area contributed by atoms with Crippen LogP contribution in [0.5, 0.6) is 5.75 Å². The fraction of sp³-hybridized carbons (Fsp3) is 0.220. The monoisotopic (exact) mass is 779 g/mol. The normalized spacial score (nSPS) is 26.5. The highest BCUT2D eigenvalue weighted by molar-refractivity contribution is 9.10. The molecule has 4 aromatic rings. The van der Waals surface area contributed by atoms with Gasteiger partial charge in [-0.2, -0.15) is 5.01 Å². The number of hydrazine groups is 1. The van der Waals surface area contributed by atoms with Gasteiger partial charge in [0.25, 0.3) is 11.8 Å². The summed E-state index contributed by atoms with van der Waals surface area (Å²) < 4.78 is 14.7. The van der Waals surface area contributed by atoms with Crippen LogP contribution < -0.4 is 10.3 Å². The quantitative estimate of drug-likeness (QED) is 0.146. The minimum atomic E-state index is -1.61. The van der Waals surface area contributed by atoms with Crippen molar-refractivity contribution in [3.8, 4) is 5.75 Å². The van der Waals surface area contributed by atoms with E-state index in [-0.39, 0.29) is 30.4 Å². The molecule has 0 aromatic heterocycles. The van der Waals surface area contributed by atoms with Gasteiger partial charge in [0.2, 0.25) is 11.8 Å². The Morgan fingerprint density at radius 3 is 2.33 bits per heavy atom. The molecule has 8 nitrogen and oxygen atoms in total. The van der Waals surface area contributed by atoms with E-state index in [2.05, 4.69) is 27.9 Å². The number of rotatable bonds is 7. The lowest BCUT2D eigenvalue weighted by molar-refractivity contribution is -0.138. The van der Waals surface area contributed by atoms with E-state index in [1.54, 1.807) is 72.8 Å². The highest BCUT2D eigenvalue weighted by atomic mass is 79.9. The number of aromatic hydroxyl groups is 1. The van der Waals surface area contributed by atoms with E-state index < -0.39 is 52.6 Å². The molecule has 52 heavy (non-hydrogen) atoms. The molecule has 0 bridgehead atoms. The second kappa shape index (κ2) is 12.9. The van der Waals surface area contributed by atoms with Crippen LogP contribution in [0.2, 0.25) is 5.02 Å². The van der Waals surface area contributed by atoms with Crippen molar-refractivity contribution < 1.29 is 28.7 Å². The number of fused-ring (bicyclic) bond motifs is 4. The van der Waals surface area contributed by atoms with Gasteiger partial charge in [0.1, 0.15) is 11.6 Å². The number of halogens is 3. The van der Waals surface area contributed by atoms with Gasteiger partial charge in [-0.3, -0.25) is 29.5 Å². The van der Waals surface area contributed by atoms with E-state index in [0.717, 1.165) is 9.48 Å². The van der Waals surface area contributed by atoms with Gasteiger partial charge in [-0.25, -0.2) is 4.39 Å². The van der Waals surface area contributed by atoms with Crippen LogP contribution in [0.1, 0.15) is 35.4 Å². The standard InChI is InChI=1S/C41H32BrClFN3O5/c1-2-4-22-5-3-6-31(36(22)48)35-29-19-20-30-34(39(51)46(37(30)49)28-17-9-24(42)10-18-28)32(29)21-33-38(50)47(45-27-15-13-26(44)14-16-27)40(52)41(33,35)23-7-11-25(43)12-8-23/h2-3,5-19,30,32-35,45,48H,1,4,20-21H2. The maximum absolute atomic E-state index is 15.3. The average molecular weight is 781 g/mol. The van der Waals surface area contributed by atoms with Crippen LogP contribution in [0.25, 0.3) is 0 Å². The molecule has 4 aliphatic rings. The van der Waals surface area contributed by atoms with Crippen molar-refractivity contribution >= 4 is 62.5 Å². The highest BCUT2D eigenvalue weighted by Gasteiger charge is 2.70. The number of anilines is 2. The van der Waals surface area contributed by atoms with Crippen molar-refractivity contribution in [1.29, 1.82) is 0 Å². The van der Waals surface area contributed by atoms with Gasteiger partial charge in [-0.05, 0) is 97.0 Å². The van der Waals surface area contributed by atoms with E-state index >= 15 is 4.79 Å². The van der Waals surface area contributed by atoms with Crippen molar-refractivity contribution in [2.24, 2.45) is 23.7 Å². The molecule has 4 amide bonds. The number of nitrogens with one attached hydrogen (secondary N) is 1. The number of carbonyl (C=O) groups is 4. The number of imide groups is 2. The second-order valence-electron chi connectivity index (χ2n) is 13.7. The van der Waals surface area contributed by atoms with E-state index in [9.17, 15) is 23.9 Å². The molecule has 2 N–H and O–H groups in total. The first-order valence-corrected chi connectivity index (χ1v) is 18.1. The summed E-state index contributed by atoms with van der Waals surface area (Å²) in [5.41, 5.74) is 4.32. The predicted molar refractivity (Wildman–Crippen MR) is 198 cm³/mol. The summed E-state index contributed by atoms with van der Waals surface area (Å²) in [4.78, 5) is 59.8. The zero-order valence-electron chi connectivity index (χ0n) is 27.6. The van der Waals surface area contributed by atoms with Gasteiger partial charge in [0, 0.05) is 21.0 Å². The summed E-state index contributed by atoms with van der Waals surface area (Å²) in [6.45, 7) is 3.84. The van der Waals surface area contributed by atoms with Gasteiger partial charge in [0.05, 0.1) is 34.5 Å². The molecule has 6 unspecified atom stereocenters. The zero-order valence-corrected chi connectivity index (χ0v) is 30.0. The fourth-order valence-electron chi connectivity index (χ4n) is 9.01. The predicted octanol–water partition coefficient (Wildman–Crippen LogP) is 7.87. The number of phenols is 1. The highest BCUT2D eigenvalue weighted by Crippen LogP contribution is 2.65. The third-order valence-electron chi connectivity index (χ3n) is 11.2. The molecule has 3 fully saturated rings. The summed E-state index contributed by atoms with van der Waals surface area (Å²) in [5.74, 6) is -6.37. The lowest BCUT2D eigenvalue weighted by atomic mass is 9.49. The molecular weight excluding hydrogens is 749 g/mol. The summed E-state index contributed by atoms with van der Waals surface area (Å²) in [6.07, 6.45) is 4.27. The molecule has 0 spiro atoms. The van der Waals surface area contributed by atoms with Crippen molar-refractivity contribution in [1.82, 2.24) is 5.01 Å². The number of phenolic OH excluding ortho intramolecular Hbond substituents is 1. The maximum atomic E-state index is 15.3. The Kier molecular flexibility index (Phi) is 8.42. The topological polar surface area (TPSA) is 107 Å². The molecule has 2 heterocycles. The number of nitrogens with zero attached hydrogens (tertiary/aromatic N) is 2. The lowest BCUT2D eigenvalue weighted by Crippen LogP contribution is -2.53. The molecule has 6 atom stereocenters. The molecular formula is C41H32BrClFN3O5. The number of para-hydroxylation sites is 1. The average Bonchev–Trinajstić information content (AvgIpc) is 3.52. The number of hydrogen-bond donors (Lipinski definition) is 2. The van der Waals surface area contributed by atoms with Crippen molar-refractivity contribution in [3.05, 3.63) is 147 Å². The minimum absolute atomic E-state index is 0.0429. The van der Waals surface area contributed by atoms with Crippen LogP contribution in [0.15, 0.2) is 120 Å². The van der Waals surface area contributed by atoms with Crippen LogP contribution in [0.3, 0.4) is 0 Å². The number of amides is 4. The van der Waals surface area contributed by atoms with Crippen LogP contribution in [-0.4, -0.2) is 33.7 Å². The molecule has 4 aromatic carbocycles. The number of carbonyl (C=O) groups excluding carboxylic acids is 4. The second-order valence-corrected chi connectivity index (χ2v) is 15.1. The molecule has 1 saturated carbocycles. The zero-order chi connectivity index (χ0) is 36.5. The van der Waals surface area contributed by atoms with Crippen molar-refractivity contribution in [2.75, 3.05) is 10.3 Å². The molecule has 8 rings (SSSR count). The van der Waals surface area contributed by atoms with Crippen LogP contribution in [0, 0.1) is 29.5 Å². The maximum Gasteiger partial charge on any atom is 0.260 e. The Labute approximate surface area is 312 Å². The Balaban J connectivity index is 1.34. The van der Waals surface area contributed by atoms with Gasteiger partial charge >= 0.3 is 0 Å². The Bertz CT molecular complexity index is 2190. The summed E-state index contributed by atoms with van der Waals surface area (Å²) >= 11 is 9.79. The molecule has 11 heteroatoms. The lowest BCUT2D eigenvalue weighted by Gasteiger charge is -2.50. The van der Waals surface area contributed by atoms with E-state index in [1.807, 2.05) is 6.08 Å². The van der Waals surface area contributed by atoms with Gasteiger partial charge in [0.15, 0.2) is 0 Å². The third-order valence-corrected chi connectivity index (χ3v) is 11.9. The molecule has 262 valence electrons. The summed E-state index contributed by atoms with van der Waals surface area (Å²) in [7, 11) is 0. The summed E-state index contributed by atoms with van der Waals surface area (Å²) in [6, 6.07) is 24.4. The van der Waals surface area contributed by atoms with Gasteiger partial charge in [-0.1, -0.05) is 75.6 Å². The van der Waals surface area contributed by atoms with Crippen molar-refractivity contribution in [2.45, 2.75) is 30.6 Å². The van der Waals surface area contributed by atoms with E-state index in [1.165, 1.54) is 29.2 Å². The number of allylic oxidation sites excluding steroid dienone is 3. The van der Waals surface area contributed by atoms with Gasteiger partial charge in [-0.15, -0.1) is 6.58 Å². The number of hydrogen-bond acceptors (Lipinski definition) is 6. The first-order valence-electron chi connectivity index (χ1n) is 17.0. The van der Waals surface area contributed by atoms with E-state index in [0.29, 0.717) is 45.1 Å². The van der Waals surface area contributed by atoms with E-state index in [4.69, 9.17) is 11.6 Å². The van der Waals surface area contributed by atoms with Crippen LogP contribution >= 0.6 is 27.5 Å². The first kappa shape index (κ1) is 34.0. The van der Waals surface area contributed by atoms with Crippen LogP contribution in [-0.2, 0) is 31.0 Å². The Morgan fingerprint density at radius 1 is 0.923 bits per heavy atom. The number of benzene rings is 4. The molecule has 0 radical (unpaired) electrons.